The molecular weight excluding hydrogens is 316 g/mol. The second-order valence-corrected chi connectivity index (χ2v) is 6.78. The summed E-state index contributed by atoms with van der Waals surface area (Å²) in [6.45, 7) is -0.226. The van der Waals surface area contributed by atoms with E-state index in [0.29, 0.717) is 0 Å². The van der Waals surface area contributed by atoms with Crippen molar-refractivity contribution in [3.63, 3.8) is 0 Å². The monoisotopic (exact) mass is 333 g/mol. The number of hydrogen-bond acceptors (Lipinski definition) is 4. The van der Waals surface area contributed by atoms with Crippen LogP contribution in [-0.4, -0.2) is 43.2 Å². The summed E-state index contributed by atoms with van der Waals surface area (Å²) in [5.74, 6) is -2.25. The van der Waals surface area contributed by atoms with E-state index in [1.807, 2.05) is 0 Å². The first-order valence-electron chi connectivity index (χ1n) is 6.89. The van der Waals surface area contributed by atoms with Crippen LogP contribution in [0.1, 0.15) is 24.4 Å². The number of aliphatic hydroxyl groups is 1. The SMILES string of the molecule is O=C1CC(CS(=O)(=O)F)CN1C(CCO)c1ccccc1F. The van der Waals surface area contributed by atoms with Crippen LogP contribution in [0.15, 0.2) is 24.3 Å². The van der Waals surface area contributed by atoms with Crippen molar-refractivity contribution in [2.45, 2.75) is 18.9 Å². The minimum absolute atomic E-state index is 0.0288. The molecule has 1 heterocycles. The number of nitrogens with zero attached hydrogens (tertiary/aromatic N) is 1. The molecule has 0 spiro atoms. The van der Waals surface area contributed by atoms with Gasteiger partial charge in [-0.1, -0.05) is 18.2 Å². The van der Waals surface area contributed by atoms with E-state index in [-0.39, 0.29) is 37.5 Å². The Kier molecular flexibility index (Phi) is 5.12. The van der Waals surface area contributed by atoms with Crippen LogP contribution in [0.2, 0.25) is 0 Å². The van der Waals surface area contributed by atoms with E-state index >= 15 is 0 Å². The fourth-order valence-electron chi connectivity index (χ4n) is 2.85. The van der Waals surface area contributed by atoms with Gasteiger partial charge >= 0.3 is 10.2 Å². The third-order valence-corrected chi connectivity index (χ3v) is 4.59. The largest absolute Gasteiger partial charge is 0.396 e. The average molecular weight is 333 g/mol. The number of benzene rings is 1. The number of halogens is 2. The highest BCUT2D eigenvalue weighted by Gasteiger charge is 2.37. The van der Waals surface area contributed by atoms with Crippen molar-refractivity contribution in [1.82, 2.24) is 4.90 Å². The fraction of sp³-hybridized carbons (Fsp3) is 0.500. The van der Waals surface area contributed by atoms with Crippen LogP contribution in [0.4, 0.5) is 8.28 Å². The van der Waals surface area contributed by atoms with Crippen LogP contribution in [0.5, 0.6) is 0 Å². The Balaban J connectivity index is 2.23. The number of amides is 1. The number of rotatable bonds is 6. The first-order valence-corrected chi connectivity index (χ1v) is 8.44. The number of hydrogen-bond donors (Lipinski definition) is 1. The highest BCUT2D eigenvalue weighted by molar-refractivity contribution is 7.86. The van der Waals surface area contributed by atoms with Gasteiger partial charge in [0, 0.05) is 31.1 Å². The Morgan fingerprint density at radius 2 is 2.05 bits per heavy atom. The summed E-state index contributed by atoms with van der Waals surface area (Å²) in [6.07, 6.45) is 0.0291. The summed E-state index contributed by atoms with van der Waals surface area (Å²) in [5.41, 5.74) is 0.258. The van der Waals surface area contributed by atoms with Crippen LogP contribution in [0.3, 0.4) is 0 Å². The van der Waals surface area contributed by atoms with Crippen molar-refractivity contribution in [3.05, 3.63) is 35.6 Å². The maximum atomic E-state index is 13.9. The van der Waals surface area contributed by atoms with Gasteiger partial charge in [-0.15, -0.1) is 3.89 Å². The molecule has 1 aromatic rings. The first-order chi connectivity index (χ1) is 10.3. The minimum atomic E-state index is -4.67. The van der Waals surface area contributed by atoms with Crippen molar-refractivity contribution in [3.8, 4) is 0 Å². The third-order valence-electron chi connectivity index (χ3n) is 3.72. The Labute approximate surface area is 127 Å². The molecule has 0 bridgehead atoms. The van der Waals surface area contributed by atoms with Gasteiger partial charge in [0.2, 0.25) is 5.91 Å². The molecule has 8 heteroatoms. The Morgan fingerprint density at radius 1 is 1.36 bits per heavy atom. The van der Waals surface area contributed by atoms with E-state index < -0.39 is 33.8 Å². The lowest BCUT2D eigenvalue weighted by Gasteiger charge is -2.28. The number of aliphatic hydroxyl groups excluding tert-OH is 1. The van der Waals surface area contributed by atoms with Crippen LogP contribution in [0, 0.1) is 11.7 Å². The number of likely N-dealkylation sites (tertiary alicyclic amines) is 1. The molecule has 22 heavy (non-hydrogen) atoms. The quantitative estimate of drug-likeness (QED) is 0.799. The van der Waals surface area contributed by atoms with Crippen LogP contribution in [0.25, 0.3) is 0 Å². The van der Waals surface area contributed by atoms with E-state index in [1.54, 1.807) is 6.07 Å². The first kappa shape index (κ1) is 16.8. The van der Waals surface area contributed by atoms with Gasteiger partial charge in [-0.05, 0) is 12.5 Å². The van der Waals surface area contributed by atoms with Crippen molar-refractivity contribution in [1.29, 1.82) is 0 Å². The topological polar surface area (TPSA) is 74.7 Å². The second kappa shape index (κ2) is 6.70. The van der Waals surface area contributed by atoms with Crippen molar-refractivity contribution in [2.24, 2.45) is 5.92 Å². The zero-order valence-electron chi connectivity index (χ0n) is 11.8. The van der Waals surface area contributed by atoms with Gasteiger partial charge in [-0.3, -0.25) is 4.79 Å². The maximum absolute atomic E-state index is 13.9. The molecule has 1 saturated heterocycles. The normalized spacial score (nSPS) is 20.4. The van der Waals surface area contributed by atoms with Crippen LogP contribution >= 0.6 is 0 Å². The predicted octanol–water partition coefficient (Wildman–Crippen LogP) is 1.40. The summed E-state index contributed by atoms with van der Waals surface area (Å²) in [7, 11) is -4.67. The molecule has 0 aromatic heterocycles. The van der Waals surface area contributed by atoms with Crippen molar-refractivity contribution >= 4 is 16.1 Å². The van der Waals surface area contributed by atoms with E-state index in [4.69, 9.17) is 0 Å². The Morgan fingerprint density at radius 3 is 2.64 bits per heavy atom. The van der Waals surface area contributed by atoms with E-state index in [0.717, 1.165) is 0 Å². The summed E-state index contributed by atoms with van der Waals surface area (Å²) in [4.78, 5) is 13.4. The standard InChI is InChI=1S/C14H17F2NO4S/c15-12-4-2-1-3-11(12)13(5-6-18)17-8-10(7-14(17)19)9-22(16,20)21/h1-4,10,13,18H,5-9H2. The van der Waals surface area contributed by atoms with Gasteiger partial charge in [0.25, 0.3) is 0 Å². The van der Waals surface area contributed by atoms with Gasteiger partial charge in [0.05, 0.1) is 11.8 Å². The molecule has 122 valence electrons. The van der Waals surface area contributed by atoms with Crippen molar-refractivity contribution in [2.75, 3.05) is 18.9 Å². The summed E-state index contributed by atoms with van der Waals surface area (Å²) < 4.78 is 48.2. The molecule has 1 aliphatic heterocycles. The third kappa shape index (κ3) is 4.01. The molecule has 1 amide bonds. The minimum Gasteiger partial charge on any atom is -0.396 e. The van der Waals surface area contributed by atoms with Gasteiger partial charge in [-0.25, -0.2) is 4.39 Å². The summed E-state index contributed by atoms with van der Waals surface area (Å²) in [5, 5.41) is 9.17. The lowest BCUT2D eigenvalue weighted by molar-refractivity contribution is -0.130. The molecular formula is C14H17F2NO4S. The highest BCUT2D eigenvalue weighted by Crippen LogP contribution is 2.32. The molecule has 2 rings (SSSR count). The highest BCUT2D eigenvalue weighted by atomic mass is 32.3. The van der Waals surface area contributed by atoms with Gasteiger partial charge in [-0.2, -0.15) is 8.42 Å². The molecule has 1 fully saturated rings. The van der Waals surface area contributed by atoms with E-state index in [2.05, 4.69) is 0 Å². The fourth-order valence-corrected chi connectivity index (χ4v) is 3.64. The zero-order chi connectivity index (χ0) is 16.3. The Bertz CT molecular complexity index is 650. The van der Waals surface area contributed by atoms with E-state index in [1.165, 1.54) is 23.1 Å². The van der Waals surface area contributed by atoms with Crippen molar-refractivity contribution < 1.29 is 26.6 Å². The summed E-state index contributed by atoms with van der Waals surface area (Å²) >= 11 is 0. The van der Waals surface area contributed by atoms with Gasteiger partial charge in [0.15, 0.2) is 0 Å². The number of carbonyl (C=O) groups excluding carboxylic acids is 1. The zero-order valence-corrected chi connectivity index (χ0v) is 12.6. The molecule has 2 unspecified atom stereocenters. The van der Waals surface area contributed by atoms with Crippen LogP contribution < -0.4 is 0 Å². The lowest BCUT2D eigenvalue weighted by atomic mass is 10.0. The molecule has 0 aliphatic carbocycles. The van der Waals surface area contributed by atoms with E-state index in [9.17, 15) is 26.6 Å². The second-order valence-electron chi connectivity index (χ2n) is 5.37. The maximum Gasteiger partial charge on any atom is 0.302 e. The number of carbonyl (C=O) groups is 1. The Hall–Kier alpha value is -1.54. The van der Waals surface area contributed by atoms with Crippen LogP contribution in [-0.2, 0) is 15.0 Å². The lowest BCUT2D eigenvalue weighted by Crippen LogP contribution is -2.32. The molecule has 0 saturated carbocycles. The average Bonchev–Trinajstić information content (AvgIpc) is 2.75. The molecule has 5 nitrogen and oxygen atoms in total. The molecule has 0 radical (unpaired) electrons. The molecule has 1 aromatic carbocycles. The molecule has 2 atom stereocenters. The molecule has 1 aliphatic rings. The van der Waals surface area contributed by atoms with Gasteiger partial charge < -0.3 is 10.0 Å². The van der Waals surface area contributed by atoms with Gasteiger partial charge in [0.1, 0.15) is 5.82 Å². The summed E-state index contributed by atoms with van der Waals surface area (Å²) in [6, 6.07) is 5.21. The molecule has 1 N–H and O–H groups in total. The predicted molar refractivity (Wildman–Crippen MR) is 75.6 cm³/mol. The smallest absolute Gasteiger partial charge is 0.302 e.